The van der Waals surface area contributed by atoms with Crippen molar-refractivity contribution in [3.05, 3.63) is 127 Å². The molecule has 0 aliphatic heterocycles. The van der Waals surface area contributed by atoms with Gasteiger partial charge in [-0.2, -0.15) is 0 Å². The van der Waals surface area contributed by atoms with Crippen LogP contribution in [0.2, 0.25) is 0 Å². The summed E-state index contributed by atoms with van der Waals surface area (Å²) in [5, 5.41) is 0.441. The van der Waals surface area contributed by atoms with E-state index in [2.05, 4.69) is 0 Å². The molecule has 208 valence electrons. The zero-order chi connectivity index (χ0) is 28.8. The molecule has 4 aromatic carbocycles. The number of rotatable bonds is 6. The number of hydrogen-bond acceptors (Lipinski definition) is 2. The Bertz CT molecular complexity index is 1640. The van der Waals surface area contributed by atoms with Gasteiger partial charge in [-0.25, -0.2) is 0 Å². The van der Waals surface area contributed by atoms with Crippen LogP contribution in [0.25, 0.3) is 21.5 Å². The Labute approximate surface area is 237 Å². The molecule has 9 heteroatoms. The molecule has 0 amide bonds. The Hall–Kier alpha value is -3.58. The van der Waals surface area contributed by atoms with Crippen LogP contribution < -0.4 is 5.63 Å². The van der Waals surface area contributed by atoms with Gasteiger partial charge in [0.25, 0.3) is 0 Å². The van der Waals surface area contributed by atoms with Crippen molar-refractivity contribution in [3.8, 4) is 11.5 Å². The number of benzene rings is 4. The van der Waals surface area contributed by atoms with E-state index in [1.807, 2.05) is 36.5 Å². The van der Waals surface area contributed by atoms with Crippen LogP contribution in [0.15, 0.2) is 116 Å². The van der Waals surface area contributed by atoms with Crippen molar-refractivity contribution in [2.24, 2.45) is 0 Å². The number of allylic oxidation sites excluding steroid dienone is 8. The average molecular weight is 644 g/mol. The summed E-state index contributed by atoms with van der Waals surface area (Å²) in [6.45, 7) is 0. The minimum absolute atomic E-state index is 0.0110. The predicted molar refractivity (Wildman–Crippen MR) is 143 cm³/mol. The van der Waals surface area contributed by atoms with Crippen molar-refractivity contribution in [3.63, 3.8) is 0 Å². The predicted octanol–water partition coefficient (Wildman–Crippen LogP) is 10.2. The van der Waals surface area contributed by atoms with Crippen LogP contribution in [0.3, 0.4) is 0 Å². The van der Waals surface area contributed by atoms with E-state index in [1.54, 1.807) is 36.4 Å². The Morgan fingerprint density at radius 3 is 1.27 bits per heavy atom. The van der Waals surface area contributed by atoms with Crippen molar-refractivity contribution in [1.82, 2.24) is 0 Å². The normalized spacial score (nSPS) is 15.5. The van der Waals surface area contributed by atoms with Crippen molar-refractivity contribution in [1.29, 1.82) is 0 Å². The molecule has 2 aliphatic carbocycles. The van der Waals surface area contributed by atoms with Gasteiger partial charge in [0.2, 0.25) is 0 Å². The fourth-order valence-corrected chi connectivity index (χ4v) is 13.7. The third kappa shape index (κ3) is 5.05. The van der Waals surface area contributed by atoms with Crippen LogP contribution in [0.5, 0.6) is 11.5 Å². The van der Waals surface area contributed by atoms with Crippen LogP contribution in [0.4, 0.5) is 26.3 Å². The number of halogens is 6. The second-order valence-corrected chi connectivity index (χ2v) is 17.0. The fraction of sp³-hybridized carbons (Fsp3) is 0.125. The van der Waals surface area contributed by atoms with E-state index in [0.717, 1.165) is 18.7 Å². The van der Waals surface area contributed by atoms with Gasteiger partial charge in [-0.05, 0) is 0 Å². The van der Waals surface area contributed by atoms with E-state index in [4.69, 9.17) is 5.63 Å². The molecular weight excluding hydrogens is 622 g/mol. The molecule has 0 fully saturated rings. The van der Waals surface area contributed by atoms with Crippen molar-refractivity contribution < 1.29 is 53.1 Å². The van der Waals surface area contributed by atoms with Gasteiger partial charge < -0.3 is 0 Å². The van der Waals surface area contributed by atoms with E-state index in [0.29, 0.717) is 23.6 Å². The van der Waals surface area contributed by atoms with Crippen molar-refractivity contribution in [2.75, 3.05) is 0 Å². The minimum atomic E-state index is -5.03. The first kappa shape index (κ1) is 27.6. The van der Waals surface area contributed by atoms with E-state index in [9.17, 15) is 26.3 Å². The molecule has 0 unspecified atom stereocenters. The molecule has 0 saturated carbocycles. The summed E-state index contributed by atoms with van der Waals surface area (Å²) >= 11 is -5.03. The molecule has 0 atom stereocenters. The van der Waals surface area contributed by atoms with Gasteiger partial charge in [-0.1, -0.05) is 0 Å². The first-order valence-corrected chi connectivity index (χ1v) is 17.3. The standard InChI is InChI=1S/2C11H7F3O.2C5H5.Zr/c2*12-11(13,14)8-5-1-3-7-4-2-6-9(15)10(7)8;2*1-2-4-5-3-1;/h2*1-6,15H;2*1-3H,4H2;/q;;;;+2/p-2. The molecule has 6 rings (SSSR count). The van der Waals surface area contributed by atoms with Gasteiger partial charge in [0.15, 0.2) is 0 Å². The van der Waals surface area contributed by atoms with Crippen LogP contribution >= 0.6 is 0 Å². The van der Waals surface area contributed by atoms with E-state index in [1.165, 1.54) is 24.3 Å². The Kier molecular flexibility index (Phi) is 6.97. The Balaban J connectivity index is 1.61. The van der Waals surface area contributed by atoms with Gasteiger partial charge in [-0.3, -0.25) is 0 Å². The molecule has 0 saturated heterocycles. The molecular formula is C32H22F6O2Zr. The first-order valence-electron chi connectivity index (χ1n) is 12.9. The molecule has 2 aliphatic rings. The number of alkyl halides is 6. The fourth-order valence-electron chi connectivity index (χ4n) is 5.44. The molecule has 0 radical (unpaired) electrons. The maximum absolute atomic E-state index is 14.2. The van der Waals surface area contributed by atoms with Gasteiger partial charge in [-0.15, -0.1) is 0 Å². The van der Waals surface area contributed by atoms with Crippen molar-refractivity contribution in [2.45, 2.75) is 25.2 Å². The second kappa shape index (κ2) is 10.4. The summed E-state index contributed by atoms with van der Waals surface area (Å²) in [7, 11) is 0. The Morgan fingerprint density at radius 2 is 0.927 bits per heavy atom. The quantitative estimate of drug-likeness (QED) is 0.195. The molecule has 41 heavy (non-hydrogen) atoms. The summed E-state index contributed by atoms with van der Waals surface area (Å²) in [5.41, 5.74) is -1.71. The van der Waals surface area contributed by atoms with Crippen LogP contribution in [0.1, 0.15) is 24.0 Å². The van der Waals surface area contributed by atoms with Gasteiger partial charge >= 0.3 is 238 Å². The van der Waals surface area contributed by atoms with Gasteiger partial charge in [0.05, 0.1) is 0 Å². The van der Waals surface area contributed by atoms with Crippen LogP contribution in [-0.4, -0.2) is 0 Å². The monoisotopic (exact) mass is 642 g/mol. The molecule has 0 bridgehead atoms. The van der Waals surface area contributed by atoms with E-state index < -0.39 is 44.6 Å². The van der Waals surface area contributed by atoms with Gasteiger partial charge in [0, 0.05) is 0 Å². The average Bonchev–Trinajstić information content (AvgIpc) is 3.67. The Morgan fingerprint density at radius 1 is 0.537 bits per heavy atom. The second-order valence-electron chi connectivity index (χ2n) is 9.78. The molecule has 0 aromatic heterocycles. The summed E-state index contributed by atoms with van der Waals surface area (Å²) in [6, 6.07) is 17.1. The summed E-state index contributed by atoms with van der Waals surface area (Å²) in [4.78, 5) is 0. The topological polar surface area (TPSA) is 18.5 Å². The molecule has 4 aromatic rings. The van der Waals surface area contributed by atoms with Crippen molar-refractivity contribution >= 4 is 21.5 Å². The third-order valence-corrected chi connectivity index (χ3v) is 15.7. The molecule has 0 spiro atoms. The summed E-state index contributed by atoms with van der Waals surface area (Å²) < 4.78 is 100. The van der Waals surface area contributed by atoms with Gasteiger partial charge in [0.1, 0.15) is 0 Å². The maximum atomic E-state index is 14.2. The molecule has 0 heterocycles. The van der Waals surface area contributed by atoms with Crippen LogP contribution in [0, 0.1) is 0 Å². The van der Waals surface area contributed by atoms with E-state index >= 15 is 0 Å². The summed E-state index contributed by atoms with van der Waals surface area (Å²) in [5.74, 6) is -0.0220. The number of hydrogen-bond donors (Lipinski definition) is 0. The zero-order valence-corrected chi connectivity index (χ0v) is 23.8. The molecule has 2 nitrogen and oxygen atoms in total. The van der Waals surface area contributed by atoms with Crippen LogP contribution in [-0.2, 0) is 33.5 Å². The third-order valence-electron chi connectivity index (χ3n) is 7.24. The summed E-state index contributed by atoms with van der Waals surface area (Å²) in [6.07, 6.45) is 2.55. The molecule has 0 N–H and O–H groups in total. The number of fused-ring (bicyclic) bond motifs is 2. The van der Waals surface area contributed by atoms with E-state index in [-0.39, 0.29) is 22.3 Å². The SMILES string of the molecule is FC(F)(F)c1cccc2cccc([O][Zr]([O]c3cccc4cccc(C(F)(F)F)c34)([C]3=CC=CC3)[C]3=CC=CC3)c12. The zero-order valence-electron chi connectivity index (χ0n) is 21.4. The first-order chi connectivity index (χ1) is 19.6.